The third kappa shape index (κ3) is 13.4. The molecular weight excluding hydrogens is 856 g/mol. The number of benzene rings is 2. The molecule has 0 amide bonds. The average molecular weight is 899 g/mol. The monoisotopic (exact) mass is 898 g/mol. The van der Waals surface area contributed by atoms with Crippen molar-refractivity contribution < 1.29 is 48.7 Å². The second-order valence-corrected chi connectivity index (χ2v) is 19.7. The summed E-state index contributed by atoms with van der Waals surface area (Å²) in [6, 6.07) is 15.6. The summed E-state index contributed by atoms with van der Waals surface area (Å²) in [6.45, 7) is 8.45. The molecule has 0 aromatic heterocycles. The van der Waals surface area contributed by atoms with Gasteiger partial charge in [0.15, 0.2) is 0 Å². The molecule has 2 saturated carbocycles. The molecule has 0 spiro atoms. The van der Waals surface area contributed by atoms with Crippen molar-refractivity contribution in [3.05, 3.63) is 42.5 Å². The fourth-order valence-electron chi connectivity index (χ4n) is 5.80. The summed E-state index contributed by atoms with van der Waals surface area (Å²) in [6.07, 6.45) is 14.4. The van der Waals surface area contributed by atoms with E-state index in [1.54, 1.807) is 5.30 Å². The van der Waals surface area contributed by atoms with Crippen LogP contribution in [0.4, 0.5) is 16.9 Å². The normalized spacial score (nSPS) is 18.7. The van der Waals surface area contributed by atoms with Gasteiger partial charge >= 0.3 is 58.7 Å². The Kier molecular flexibility index (Phi) is 13.1. The van der Waals surface area contributed by atoms with Crippen LogP contribution in [0, 0.1) is 0 Å². The van der Waals surface area contributed by atoms with Crippen molar-refractivity contribution in [3.63, 3.8) is 0 Å². The summed E-state index contributed by atoms with van der Waals surface area (Å²) in [5.41, 5.74) is 4.25. The van der Waals surface area contributed by atoms with Gasteiger partial charge in [0.05, 0.1) is 17.8 Å². The minimum atomic E-state index is -11.2. The van der Waals surface area contributed by atoms with E-state index in [2.05, 4.69) is 70.2 Å². The van der Waals surface area contributed by atoms with Crippen LogP contribution in [0.3, 0.4) is 0 Å². The van der Waals surface area contributed by atoms with E-state index < -0.39 is 19.5 Å². The Morgan fingerprint density at radius 1 is 0.634 bits per heavy atom. The van der Waals surface area contributed by atoms with E-state index in [0.29, 0.717) is 0 Å². The number of rotatable bonds is 8. The van der Waals surface area contributed by atoms with E-state index in [1.165, 1.54) is 69.8 Å². The first-order valence-corrected chi connectivity index (χ1v) is 21.7. The predicted molar refractivity (Wildman–Crippen MR) is 156 cm³/mol. The zero-order valence-corrected chi connectivity index (χ0v) is 29.8. The van der Waals surface area contributed by atoms with Gasteiger partial charge < -0.3 is 9.47 Å². The molecule has 0 aliphatic heterocycles. The summed E-state index contributed by atoms with van der Waals surface area (Å²) in [7, 11) is -0.213. The van der Waals surface area contributed by atoms with Crippen LogP contribution in [-0.4, -0.2) is 43.0 Å². The van der Waals surface area contributed by atoms with E-state index in [4.69, 9.17) is 9.47 Å². The molecule has 4 rings (SSSR count). The van der Waals surface area contributed by atoms with Crippen LogP contribution >= 0.6 is 7.92 Å². The zero-order valence-electron chi connectivity index (χ0n) is 24.2. The molecule has 0 unspecified atom stereocenters. The zero-order chi connectivity index (χ0) is 29.6. The third-order valence-electron chi connectivity index (χ3n) is 7.10. The van der Waals surface area contributed by atoms with Crippen LogP contribution in [-0.2, 0) is 22.4 Å². The van der Waals surface area contributed by atoms with E-state index >= 15 is 0 Å². The van der Waals surface area contributed by atoms with Gasteiger partial charge in [0.1, 0.15) is 11.5 Å². The van der Waals surface area contributed by atoms with Crippen molar-refractivity contribution in [1.29, 1.82) is 0 Å². The van der Waals surface area contributed by atoms with Crippen molar-refractivity contribution >= 4 is 32.7 Å². The molecule has 11 heteroatoms. The molecular formula is C30H43AuF6O2PSb. The van der Waals surface area contributed by atoms with Crippen LogP contribution in [0.25, 0.3) is 11.1 Å². The third-order valence-corrected chi connectivity index (χ3v) is 10.7. The van der Waals surface area contributed by atoms with Gasteiger partial charge in [-0.2, -0.15) is 0 Å². The van der Waals surface area contributed by atoms with Gasteiger partial charge in [-0.25, -0.2) is 0 Å². The Morgan fingerprint density at radius 3 is 1.41 bits per heavy atom. The standard InChI is InChI=1S/C30H43O2P.Au.6FH.Sb/c1-22(2)31-27-19-13-20-28(32-23(3)4)30(27)26-18-11-12-21-29(26)33(24-14-7-5-8-15-24)25-16-9-6-10-17-25;;;;;;;;/h11-13,18-25H,5-10,14-17H2,1-4H3;;6*1H;/q;+1;;;;;;;+5/p-6. The van der Waals surface area contributed by atoms with Crippen LogP contribution < -0.4 is 14.8 Å². The van der Waals surface area contributed by atoms with Crippen molar-refractivity contribution in [2.45, 2.75) is 115 Å². The summed E-state index contributed by atoms with van der Waals surface area (Å²) in [5, 5.41) is 1.60. The van der Waals surface area contributed by atoms with Crippen LogP contribution in [0.2, 0.25) is 0 Å². The Bertz CT molecular complexity index is 1040. The summed E-state index contributed by atoms with van der Waals surface area (Å²) in [5.74, 6) is 1.91. The molecule has 2 fully saturated rings. The van der Waals surface area contributed by atoms with Crippen molar-refractivity contribution in [3.8, 4) is 22.6 Å². The first-order chi connectivity index (χ1) is 18.5. The summed E-state index contributed by atoms with van der Waals surface area (Å²) >= 11 is -11.2. The molecule has 0 N–H and O–H groups in total. The number of hydrogen-bond donors (Lipinski definition) is 0. The molecule has 2 aliphatic carbocycles. The van der Waals surface area contributed by atoms with Crippen LogP contribution in [0.1, 0.15) is 91.9 Å². The van der Waals surface area contributed by atoms with Gasteiger partial charge in [0.25, 0.3) is 0 Å². The van der Waals surface area contributed by atoms with Crippen LogP contribution in [0.5, 0.6) is 11.5 Å². The first-order valence-electron chi connectivity index (χ1n) is 14.4. The van der Waals surface area contributed by atoms with Gasteiger partial charge in [-0.05, 0) is 87.7 Å². The molecule has 2 aromatic carbocycles. The van der Waals surface area contributed by atoms with Gasteiger partial charge in [0, 0.05) is 0 Å². The topological polar surface area (TPSA) is 18.5 Å². The van der Waals surface area contributed by atoms with Gasteiger partial charge in [-0.1, -0.05) is 76.8 Å². The molecule has 41 heavy (non-hydrogen) atoms. The molecule has 0 bridgehead atoms. The second kappa shape index (κ2) is 14.6. The summed E-state index contributed by atoms with van der Waals surface area (Å²) < 4.78 is 72.3. The predicted octanol–water partition coefficient (Wildman–Crippen LogP) is 10.8. The van der Waals surface area contributed by atoms with Gasteiger partial charge in [-0.3, -0.25) is 0 Å². The second-order valence-electron chi connectivity index (χ2n) is 11.4. The summed E-state index contributed by atoms with van der Waals surface area (Å²) in [4.78, 5) is 0. The Labute approximate surface area is 260 Å². The Hall–Kier alpha value is -0.392. The number of halogens is 6. The fraction of sp³-hybridized carbons (Fsp3) is 0.600. The number of ether oxygens (including phenoxy) is 2. The van der Waals surface area contributed by atoms with Crippen molar-refractivity contribution in [2.75, 3.05) is 0 Å². The molecule has 0 radical (unpaired) electrons. The first kappa shape index (κ1) is 36.8. The minimum absolute atomic E-state index is 0. The molecule has 0 atom stereocenters. The Morgan fingerprint density at radius 2 is 1.02 bits per heavy atom. The molecule has 0 heterocycles. The molecule has 2 nitrogen and oxygen atoms in total. The van der Waals surface area contributed by atoms with Crippen molar-refractivity contribution in [1.82, 2.24) is 0 Å². The molecule has 238 valence electrons. The Balaban J connectivity index is 0.000000655. The maximum atomic E-state index is 9.93. The van der Waals surface area contributed by atoms with Gasteiger partial charge in [-0.15, -0.1) is 0 Å². The van der Waals surface area contributed by atoms with E-state index in [9.17, 15) is 16.9 Å². The maximum absolute atomic E-state index is 11.2. The van der Waals surface area contributed by atoms with E-state index in [0.717, 1.165) is 28.4 Å². The van der Waals surface area contributed by atoms with E-state index in [-0.39, 0.29) is 42.5 Å². The quantitative estimate of drug-likeness (QED) is 0.149. The average Bonchev–Trinajstić information content (AvgIpc) is 2.84. The van der Waals surface area contributed by atoms with Crippen LogP contribution in [0.15, 0.2) is 42.5 Å². The van der Waals surface area contributed by atoms with Crippen molar-refractivity contribution in [2.24, 2.45) is 0 Å². The fourth-order valence-corrected chi connectivity index (χ4v) is 9.75. The number of hydrogen-bond acceptors (Lipinski definition) is 2. The molecule has 2 aromatic rings. The molecule has 0 saturated heterocycles. The van der Waals surface area contributed by atoms with E-state index in [1.807, 2.05) is 0 Å². The SMILES string of the molecule is CC(C)Oc1cccc(OC(C)C)c1-c1ccccc1P(C1CCCCC1)C1CCCCC1.[Au+].[F][Sb-]([F])([F])([F])([F])[F]. The molecule has 2 aliphatic rings. The van der Waals surface area contributed by atoms with Gasteiger partial charge in [0.2, 0.25) is 0 Å².